The number of rotatable bonds is 6. The Hall–Kier alpha value is -1.90. The van der Waals surface area contributed by atoms with Gasteiger partial charge < -0.3 is 10.4 Å². The lowest BCUT2D eigenvalue weighted by molar-refractivity contribution is 0.160. The van der Waals surface area contributed by atoms with Gasteiger partial charge in [-0.3, -0.25) is 0 Å². The summed E-state index contributed by atoms with van der Waals surface area (Å²) in [5.74, 6) is 0. The average Bonchev–Trinajstić information content (AvgIpc) is 2.54. The molecule has 0 aliphatic rings. The van der Waals surface area contributed by atoms with Gasteiger partial charge in [0.15, 0.2) is 0 Å². The van der Waals surface area contributed by atoms with Crippen LogP contribution in [0.5, 0.6) is 0 Å². The molecule has 0 radical (unpaired) electrons. The third-order valence-electron chi connectivity index (χ3n) is 4.19. The largest absolute Gasteiger partial charge is 0.392 e. The Kier molecular flexibility index (Phi) is 4.71. The normalized spacial score (nSPS) is 12.8. The van der Waals surface area contributed by atoms with Crippen molar-refractivity contribution < 1.29 is 5.11 Å². The van der Waals surface area contributed by atoms with Crippen LogP contribution in [0.3, 0.4) is 0 Å². The van der Waals surface area contributed by atoms with Crippen molar-refractivity contribution in [3.05, 3.63) is 60.2 Å². The summed E-state index contributed by atoms with van der Waals surface area (Å²) in [6.45, 7) is 3.52. The number of nitrogens with one attached hydrogen (secondary N) is 1. The predicted octanol–water partition coefficient (Wildman–Crippen LogP) is 4.24. The summed E-state index contributed by atoms with van der Waals surface area (Å²) in [6.07, 6.45) is 1.61. The van der Waals surface area contributed by atoms with Gasteiger partial charge in [-0.05, 0) is 39.6 Å². The van der Waals surface area contributed by atoms with Gasteiger partial charge in [-0.1, -0.05) is 61.9 Å². The number of aliphatic hydroxyl groups excluding tert-OH is 1. The minimum absolute atomic E-state index is 0.258. The molecule has 3 rings (SSSR count). The van der Waals surface area contributed by atoms with E-state index in [-0.39, 0.29) is 6.10 Å². The minimum Gasteiger partial charge on any atom is -0.392 e. The van der Waals surface area contributed by atoms with Crippen molar-refractivity contribution in [2.45, 2.75) is 32.4 Å². The van der Waals surface area contributed by atoms with E-state index in [1.165, 1.54) is 27.1 Å². The molecule has 0 aliphatic heterocycles. The fraction of sp³-hybridized carbons (Fsp3) is 0.300. The van der Waals surface area contributed by atoms with Crippen LogP contribution in [0.15, 0.2) is 54.6 Å². The van der Waals surface area contributed by atoms with Gasteiger partial charge in [-0.2, -0.15) is 0 Å². The summed E-state index contributed by atoms with van der Waals surface area (Å²) in [5.41, 5.74) is 1.32. The fourth-order valence-corrected chi connectivity index (χ4v) is 3.10. The molecular formula is C20H23NO. The standard InChI is InChI=1S/C20H23NO/c1-2-7-17(22)13-21-14-20-18-10-5-3-8-15(18)12-16-9-4-6-11-19(16)20/h3-6,8-12,17,21-22H,2,7,13-14H2,1H3. The van der Waals surface area contributed by atoms with E-state index in [1.54, 1.807) is 0 Å². The Morgan fingerprint density at radius 1 is 0.955 bits per heavy atom. The van der Waals surface area contributed by atoms with Crippen molar-refractivity contribution >= 4 is 21.5 Å². The van der Waals surface area contributed by atoms with Crippen LogP contribution in [-0.2, 0) is 6.54 Å². The quantitative estimate of drug-likeness (QED) is 0.666. The first-order valence-electron chi connectivity index (χ1n) is 8.07. The Labute approximate surface area is 131 Å². The van der Waals surface area contributed by atoms with Crippen LogP contribution in [0.1, 0.15) is 25.3 Å². The van der Waals surface area contributed by atoms with Crippen LogP contribution < -0.4 is 5.32 Å². The molecular weight excluding hydrogens is 270 g/mol. The summed E-state index contributed by atoms with van der Waals surface area (Å²) in [6, 6.07) is 19.3. The number of hydrogen-bond acceptors (Lipinski definition) is 2. The zero-order valence-electron chi connectivity index (χ0n) is 13.0. The highest BCUT2D eigenvalue weighted by molar-refractivity contribution is 6.02. The Balaban J connectivity index is 1.94. The van der Waals surface area contributed by atoms with Gasteiger partial charge in [0.05, 0.1) is 6.10 Å². The third-order valence-corrected chi connectivity index (χ3v) is 4.19. The maximum atomic E-state index is 9.89. The van der Waals surface area contributed by atoms with Gasteiger partial charge in [-0.15, -0.1) is 0 Å². The molecule has 0 saturated heterocycles. The van der Waals surface area contributed by atoms with E-state index in [4.69, 9.17) is 0 Å². The smallest absolute Gasteiger partial charge is 0.0664 e. The molecule has 0 spiro atoms. The van der Waals surface area contributed by atoms with Crippen LogP contribution in [0, 0.1) is 0 Å². The molecule has 22 heavy (non-hydrogen) atoms. The first-order valence-corrected chi connectivity index (χ1v) is 8.07. The summed E-state index contributed by atoms with van der Waals surface area (Å²) in [7, 11) is 0. The van der Waals surface area contributed by atoms with E-state index in [0.717, 1.165) is 19.4 Å². The molecule has 0 heterocycles. The fourth-order valence-electron chi connectivity index (χ4n) is 3.10. The second kappa shape index (κ2) is 6.91. The molecule has 0 bridgehead atoms. The average molecular weight is 293 g/mol. The zero-order valence-corrected chi connectivity index (χ0v) is 13.0. The highest BCUT2D eigenvalue weighted by atomic mass is 16.3. The molecule has 2 N–H and O–H groups in total. The lowest BCUT2D eigenvalue weighted by Crippen LogP contribution is -2.26. The molecule has 114 valence electrons. The maximum Gasteiger partial charge on any atom is 0.0664 e. The van der Waals surface area contributed by atoms with Crippen molar-refractivity contribution in [3.63, 3.8) is 0 Å². The SMILES string of the molecule is CCCC(O)CNCc1c2ccccc2cc2ccccc12. The van der Waals surface area contributed by atoms with Crippen molar-refractivity contribution in [1.29, 1.82) is 0 Å². The first-order chi connectivity index (χ1) is 10.8. The monoisotopic (exact) mass is 293 g/mol. The van der Waals surface area contributed by atoms with Gasteiger partial charge in [0.25, 0.3) is 0 Å². The molecule has 0 aromatic heterocycles. The highest BCUT2D eigenvalue weighted by Crippen LogP contribution is 2.28. The number of hydrogen-bond donors (Lipinski definition) is 2. The number of fused-ring (bicyclic) bond motifs is 2. The molecule has 2 nitrogen and oxygen atoms in total. The van der Waals surface area contributed by atoms with E-state index in [9.17, 15) is 5.11 Å². The second-order valence-electron chi connectivity index (χ2n) is 5.87. The molecule has 0 amide bonds. The van der Waals surface area contributed by atoms with E-state index in [2.05, 4.69) is 66.8 Å². The summed E-state index contributed by atoms with van der Waals surface area (Å²) in [5, 5.41) is 18.4. The van der Waals surface area contributed by atoms with Crippen LogP contribution in [-0.4, -0.2) is 17.8 Å². The van der Waals surface area contributed by atoms with Crippen LogP contribution in [0.2, 0.25) is 0 Å². The Morgan fingerprint density at radius 3 is 2.14 bits per heavy atom. The maximum absolute atomic E-state index is 9.89. The molecule has 0 fully saturated rings. The Bertz CT molecular complexity index is 712. The number of aliphatic hydroxyl groups is 1. The summed E-state index contributed by atoms with van der Waals surface area (Å²) >= 11 is 0. The van der Waals surface area contributed by atoms with Crippen molar-refractivity contribution in [2.24, 2.45) is 0 Å². The summed E-state index contributed by atoms with van der Waals surface area (Å²) < 4.78 is 0. The van der Waals surface area contributed by atoms with E-state index in [0.29, 0.717) is 6.54 Å². The topological polar surface area (TPSA) is 32.3 Å². The number of benzene rings is 3. The van der Waals surface area contributed by atoms with Gasteiger partial charge in [0.1, 0.15) is 0 Å². The van der Waals surface area contributed by atoms with Crippen molar-refractivity contribution in [1.82, 2.24) is 5.32 Å². The predicted molar refractivity (Wildman–Crippen MR) is 94.1 cm³/mol. The summed E-state index contributed by atoms with van der Waals surface area (Å²) in [4.78, 5) is 0. The third kappa shape index (κ3) is 3.13. The molecule has 0 saturated carbocycles. The zero-order chi connectivity index (χ0) is 15.4. The lowest BCUT2D eigenvalue weighted by Gasteiger charge is -2.14. The molecule has 3 aromatic rings. The lowest BCUT2D eigenvalue weighted by atomic mass is 9.97. The van der Waals surface area contributed by atoms with E-state index in [1.807, 2.05) is 0 Å². The molecule has 2 heteroatoms. The van der Waals surface area contributed by atoms with Crippen LogP contribution in [0.4, 0.5) is 0 Å². The van der Waals surface area contributed by atoms with Crippen LogP contribution >= 0.6 is 0 Å². The van der Waals surface area contributed by atoms with Crippen LogP contribution in [0.25, 0.3) is 21.5 Å². The Morgan fingerprint density at radius 2 is 1.55 bits per heavy atom. The van der Waals surface area contributed by atoms with Gasteiger partial charge in [-0.25, -0.2) is 0 Å². The molecule has 1 atom stereocenters. The van der Waals surface area contributed by atoms with Gasteiger partial charge in [0.2, 0.25) is 0 Å². The first kappa shape index (κ1) is 15.0. The highest BCUT2D eigenvalue weighted by Gasteiger charge is 2.08. The molecule has 1 unspecified atom stereocenters. The molecule has 0 aliphatic carbocycles. The van der Waals surface area contributed by atoms with Crippen molar-refractivity contribution in [2.75, 3.05) is 6.54 Å². The van der Waals surface area contributed by atoms with E-state index < -0.39 is 0 Å². The van der Waals surface area contributed by atoms with Gasteiger partial charge in [0, 0.05) is 13.1 Å². The second-order valence-corrected chi connectivity index (χ2v) is 5.87. The molecule has 3 aromatic carbocycles. The van der Waals surface area contributed by atoms with Gasteiger partial charge >= 0.3 is 0 Å². The minimum atomic E-state index is -0.258. The van der Waals surface area contributed by atoms with Crippen molar-refractivity contribution in [3.8, 4) is 0 Å². The van der Waals surface area contributed by atoms with E-state index >= 15 is 0 Å².